The molecule has 1 amide bonds. The van der Waals surface area contributed by atoms with Crippen LogP contribution < -0.4 is 5.32 Å². The number of carbonyl (C=O) groups excluding carboxylic acids is 2. The number of rotatable bonds is 7. The first-order valence-electron chi connectivity index (χ1n) is 8.49. The van der Waals surface area contributed by atoms with Crippen molar-refractivity contribution in [2.24, 2.45) is 0 Å². The van der Waals surface area contributed by atoms with Crippen molar-refractivity contribution in [3.05, 3.63) is 76.8 Å². The Balaban J connectivity index is 1.49. The van der Waals surface area contributed by atoms with Crippen LogP contribution in [-0.4, -0.2) is 16.7 Å². The molecule has 0 aliphatic rings. The molecule has 0 fully saturated rings. The van der Waals surface area contributed by atoms with E-state index in [1.807, 2.05) is 41.8 Å². The third-order valence-electron chi connectivity index (χ3n) is 4.07. The van der Waals surface area contributed by atoms with Crippen molar-refractivity contribution in [1.82, 2.24) is 10.3 Å². The molecule has 132 valence electrons. The van der Waals surface area contributed by atoms with E-state index in [2.05, 4.69) is 23.3 Å². The summed E-state index contributed by atoms with van der Waals surface area (Å²) < 4.78 is 0. The number of nitrogens with zero attached hydrogens (tertiary/aromatic N) is 1. The lowest BCUT2D eigenvalue weighted by atomic mass is 10.1. The van der Waals surface area contributed by atoms with E-state index in [0.717, 1.165) is 16.3 Å². The molecular weight excluding hydrogens is 344 g/mol. The Bertz CT molecular complexity index is 903. The molecule has 2 aromatic carbocycles. The van der Waals surface area contributed by atoms with Gasteiger partial charge in [0.15, 0.2) is 5.78 Å². The van der Waals surface area contributed by atoms with Gasteiger partial charge in [-0.3, -0.25) is 9.59 Å². The molecule has 0 saturated heterocycles. The fourth-order valence-corrected chi connectivity index (χ4v) is 3.51. The highest BCUT2D eigenvalue weighted by Gasteiger charge is 2.10. The molecule has 1 aromatic heterocycles. The number of ketones is 1. The summed E-state index contributed by atoms with van der Waals surface area (Å²) >= 11 is 1.57. The number of hydrogen-bond acceptors (Lipinski definition) is 4. The zero-order valence-corrected chi connectivity index (χ0v) is 15.4. The number of thiazole rings is 1. The monoisotopic (exact) mass is 364 g/mol. The quantitative estimate of drug-likeness (QED) is 0.632. The first-order chi connectivity index (χ1) is 12.6. The van der Waals surface area contributed by atoms with Crippen LogP contribution in [0.2, 0.25) is 0 Å². The van der Waals surface area contributed by atoms with Crippen molar-refractivity contribution in [3.8, 4) is 10.6 Å². The molecule has 0 saturated carbocycles. The van der Waals surface area contributed by atoms with Crippen molar-refractivity contribution < 1.29 is 9.59 Å². The number of nitrogens with one attached hydrogen (secondary N) is 1. The van der Waals surface area contributed by atoms with Gasteiger partial charge < -0.3 is 5.32 Å². The average molecular weight is 364 g/mol. The lowest BCUT2D eigenvalue weighted by Gasteiger charge is -2.04. The largest absolute Gasteiger partial charge is 0.350 e. The second-order valence-electron chi connectivity index (χ2n) is 6.02. The summed E-state index contributed by atoms with van der Waals surface area (Å²) in [6.45, 7) is 2.43. The molecule has 0 atom stereocenters. The van der Waals surface area contributed by atoms with E-state index >= 15 is 0 Å². The Morgan fingerprint density at radius 1 is 1.00 bits per heavy atom. The second kappa shape index (κ2) is 8.54. The van der Waals surface area contributed by atoms with Gasteiger partial charge in [0.05, 0.1) is 12.2 Å². The minimum absolute atomic E-state index is 0.0174. The fraction of sp³-hybridized carbons (Fsp3) is 0.190. The molecule has 0 unspecified atom stereocenters. The molecule has 3 rings (SSSR count). The molecular formula is C21H20N2O2S. The molecule has 26 heavy (non-hydrogen) atoms. The highest BCUT2D eigenvalue weighted by Crippen LogP contribution is 2.26. The maximum atomic E-state index is 12.0. The van der Waals surface area contributed by atoms with E-state index in [1.165, 1.54) is 5.56 Å². The normalized spacial score (nSPS) is 10.5. The molecule has 0 aliphatic carbocycles. The number of aromatic nitrogens is 1. The summed E-state index contributed by atoms with van der Waals surface area (Å²) in [5, 5.41) is 5.74. The number of amides is 1. The van der Waals surface area contributed by atoms with E-state index in [0.29, 0.717) is 12.1 Å². The van der Waals surface area contributed by atoms with Crippen molar-refractivity contribution in [1.29, 1.82) is 0 Å². The van der Waals surface area contributed by atoms with Crippen LogP contribution in [0.15, 0.2) is 60.0 Å². The second-order valence-corrected chi connectivity index (χ2v) is 6.88. The van der Waals surface area contributed by atoms with Crippen LogP contribution >= 0.6 is 11.3 Å². The van der Waals surface area contributed by atoms with Crippen molar-refractivity contribution in [2.45, 2.75) is 26.3 Å². The van der Waals surface area contributed by atoms with E-state index in [4.69, 9.17) is 0 Å². The lowest BCUT2D eigenvalue weighted by molar-refractivity contribution is -0.121. The molecule has 5 heteroatoms. The highest BCUT2D eigenvalue weighted by molar-refractivity contribution is 7.13. The first kappa shape index (κ1) is 18.0. The third kappa shape index (κ3) is 4.64. The summed E-state index contributed by atoms with van der Waals surface area (Å²) in [6, 6.07) is 17.1. The Labute approximate surface area is 156 Å². The van der Waals surface area contributed by atoms with E-state index in [9.17, 15) is 9.59 Å². The third-order valence-corrected chi connectivity index (χ3v) is 4.99. The maximum Gasteiger partial charge on any atom is 0.220 e. The molecule has 1 N–H and O–H groups in total. The Hall–Kier alpha value is -2.79. The predicted octanol–water partition coefficient (Wildman–Crippen LogP) is 4.40. The minimum atomic E-state index is -0.139. The zero-order valence-electron chi connectivity index (χ0n) is 14.6. The summed E-state index contributed by atoms with van der Waals surface area (Å²) in [5.41, 5.74) is 3.76. The van der Waals surface area contributed by atoms with Gasteiger partial charge in [0.1, 0.15) is 5.01 Å². The molecule has 0 aliphatic heterocycles. The van der Waals surface area contributed by atoms with Crippen molar-refractivity contribution >= 4 is 23.0 Å². The predicted molar refractivity (Wildman–Crippen MR) is 104 cm³/mol. The van der Waals surface area contributed by atoms with Gasteiger partial charge in [-0.1, -0.05) is 54.6 Å². The standard InChI is InChI=1S/C21H20N2O2S/c1-15-7-5-6-10-18(15)21-23-17(14-26-21)13-22-20(25)12-11-19(24)16-8-3-2-4-9-16/h2-10,14H,11-13H2,1H3,(H,22,25). The van der Waals surface area contributed by atoms with Crippen LogP contribution in [0.5, 0.6) is 0 Å². The summed E-state index contributed by atoms with van der Waals surface area (Å²) in [5.74, 6) is -0.157. The average Bonchev–Trinajstić information content (AvgIpc) is 3.14. The Morgan fingerprint density at radius 2 is 1.73 bits per heavy atom. The first-order valence-corrected chi connectivity index (χ1v) is 9.37. The van der Waals surface area contributed by atoms with Gasteiger partial charge in [-0.2, -0.15) is 0 Å². The van der Waals surface area contributed by atoms with Crippen LogP contribution in [0.25, 0.3) is 10.6 Å². The van der Waals surface area contributed by atoms with Gasteiger partial charge in [-0.05, 0) is 12.5 Å². The van der Waals surface area contributed by atoms with Gasteiger partial charge in [-0.15, -0.1) is 11.3 Å². The van der Waals surface area contributed by atoms with Gasteiger partial charge in [-0.25, -0.2) is 4.98 Å². The number of hydrogen-bond donors (Lipinski definition) is 1. The molecule has 0 bridgehead atoms. The van der Waals surface area contributed by atoms with Gasteiger partial charge in [0.25, 0.3) is 0 Å². The number of carbonyl (C=O) groups is 2. The van der Waals surface area contributed by atoms with Crippen LogP contribution in [0.4, 0.5) is 0 Å². The van der Waals surface area contributed by atoms with E-state index in [-0.39, 0.29) is 24.5 Å². The lowest BCUT2D eigenvalue weighted by Crippen LogP contribution is -2.23. The molecule has 0 radical (unpaired) electrons. The van der Waals surface area contributed by atoms with Crippen molar-refractivity contribution in [2.75, 3.05) is 0 Å². The van der Waals surface area contributed by atoms with Crippen LogP contribution in [0.1, 0.15) is 34.5 Å². The van der Waals surface area contributed by atoms with E-state index < -0.39 is 0 Å². The number of Topliss-reactive ketones (excluding diaryl/α,β-unsaturated/α-hetero) is 1. The molecule has 0 spiro atoms. The number of benzene rings is 2. The van der Waals surface area contributed by atoms with Gasteiger partial charge >= 0.3 is 0 Å². The maximum absolute atomic E-state index is 12.0. The minimum Gasteiger partial charge on any atom is -0.350 e. The topological polar surface area (TPSA) is 59.1 Å². The van der Waals surface area contributed by atoms with Crippen molar-refractivity contribution in [3.63, 3.8) is 0 Å². The van der Waals surface area contributed by atoms with Gasteiger partial charge in [0.2, 0.25) is 5.91 Å². The summed E-state index contributed by atoms with van der Waals surface area (Å²) in [7, 11) is 0. The Morgan fingerprint density at radius 3 is 2.50 bits per heavy atom. The molecule has 4 nitrogen and oxygen atoms in total. The SMILES string of the molecule is Cc1ccccc1-c1nc(CNC(=O)CCC(=O)c2ccccc2)cs1. The van der Waals surface area contributed by atoms with Crippen LogP contribution in [0, 0.1) is 6.92 Å². The highest BCUT2D eigenvalue weighted by atomic mass is 32.1. The van der Waals surface area contributed by atoms with E-state index in [1.54, 1.807) is 23.5 Å². The number of aryl methyl sites for hydroxylation is 1. The molecule has 1 heterocycles. The summed E-state index contributed by atoms with van der Waals surface area (Å²) in [6.07, 6.45) is 0.393. The fourth-order valence-electron chi connectivity index (χ4n) is 2.60. The molecule has 3 aromatic rings. The Kier molecular flexibility index (Phi) is 5.92. The zero-order chi connectivity index (χ0) is 18.4. The van der Waals surface area contributed by atoms with Crippen LogP contribution in [-0.2, 0) is 11.3 Å². The van der Waals surface area contributed by atoms with Gasteiger partial charge in [0, 0.05) is 29.3 Å². The smallest absolute Gasteiger partial charge is 0.220 e. The summed E-state index contributed by atoms with van der Waals surface area (Å²) in [4.78, 5) is 28.6. The van der Waals surface area contributed by atoms with Crippen LogP contribution in [0.3, 0.4) is 0 Å².